The van der Waals surface area contributed by atoms with E-state index in [4.69, 9.17) is 23.2 Å². The number of likely N-dealkylation sites (tertiary alicyclic amines) is 1. The Morgan fingerprint density at radius 1 is 1.15 bits per heavy atom. The van der Waals surface area contributed by atoms with Gasteiger partial charge in [0.15, 0.2) is 0 Å². The summed E-state index contributed by atoms with van der Waals surface area (Å²) in [5.74, 6) is 1.20. The highest BCUT2D eigenvalue weighted by atomic mass is 35.5. The maximum absolute atomic E-state index is 12.8. The van der Waals surface area contributed by atoms with Crippen molar-refractivity contribution >= 4 is 50.5 Å². The summed E-state index contributed by atoms with van der Waals surface area (Å²) in [7, 11) is -3.65. The van der Waals surface area contributed by atoms with Crippen LogP contribution in [0.2, 0.25) is 8.67 Å². The van der Waals surface area contributed by atoms with Gasteiger partial charge in [0, 0.05) is 39.3 Å². The Hall–Kier alpha value is -0.380. The molecule has 2 unspecified atom stereocenters. The van der Waals surface area contributed by atoms with Gasteiger partial charge in [-0.25, -0.2) is 8.42 Å². The first kappa shape index (κ1) is 21.3. The lowest BCUT2D eigenvalue weighted by Crippen LogP contribution is -2.52. The fourth-order valence-electron chi connectivity index (χ4n) is 3.93. The second-order valence-electron chi connectivity index (χ2n) is 7.61. The zero-order chi connectivity index (χ0) is 19.8. The molecule has 0 radical (unpaired) electrons. The van der Waals surface area contributed by atoms with Gasteiger partial charge in [0.1, 0.15) is 9.23 Å². The third-order valence-corrected chi connectivity index (χ3v) is 8.81. The minimum Gasteiger partial charge on any atom is -0.341 e. The number of sulfonamides is 1. The number of carbonyl (C=O) groups excluding carboxylic acids is 1. The molecule has 2 aliphatic heterocycles. The molecule has 0 saturated carbocycles. The lowest BCUT2D eigenvalue weighted by Gasteiger charge is -2.38. The number of rotatable bonds is 4. The van der Waals surface area contributed by atoms with Gasteiger partial charge in [-0.05, 0) is 24.3 Å². The zero-order valence-electron chi connectivity index (χ0n) is 15.5. The number of piperazine rings is 1. The highest BCUT2D eigenvalue weighted by Crippen LogP contribution is 2.36. The smallest absolute Gasteiger partial charge is 0.245 e. The summed E-state index contributed by atoms with van der Waals surface area (Å²) in [4.78, 5) is 16.7. The molecule has 6 nitrogen and oxygen atoms in total. The van der Waals surface area contributed by atoms with Crippen molar-refractivity contribution < 1.29 is 13.2 Å². The van der Waals surface area contributed by atoms with E-state index in [1.165, 1.54) is 10.4 Å². The number of piperidine rings is 1. The summed E-state index contributed by atoms with van der Waals surface area (Å²) in [5.41, 5.74) is 0. The molecule has 3 rings (SSSR count). The number of hydrogen-bond acceptors (Lipinski definition) is 5. The number of halogens is 2. The standard InChI is InChI=1S/C17H25Cl2N3O3S2/c1-12-7-13(2)10-21(9-12)16(23)11-20-3-5-22(6-4-20)27(24,25)14-8-15(18)26-17(14)19/h8,12-13H,3-7,9-11H2,1-2H3. The second-order valence-corrected chi connectivity index (χ2v) is 11.8. The van der Waals surface area contributed by atoms with Gasteiger partial charge in [-0.3, -0.25) is 9.69 Å². The summed E-state index contributed by atoms with van der Waals surface area (Å²) in [6, 6.07) is 1.40. The molecule has 3 heterocycles. The molecule has 2 fully saturated rings. The molecule has 10 heteroatoms. The van der Waals surface area contributed by atoms with Crippen LogP contribution in [0.25, 0.3) is 0 Å². The lowest BCUT2D eigenvalue weighted by atomic mass is 9.92. The van der Waals surface area contributed by atoms with Crippen LogP contribution in [0.4, 0.5) is 0 Å². The molecule has 0 spiro atoms. The van der Waals surface area contributed by atoms with Gasteiger partial charge >= 0.3 is 0 Å². The predicted molar refractivity (Wildman–Crippen MR) is 109 cm³/mol. The zero-order valence-corrected chi connectivity index (χ0v) is 18.7. The average molecular weight is 454 g/mol. The summed E-state index contributed by atoms with van der Waals surface area (Å²) in [6.45, 7) is 8.07. The molecule has 0 aromatic carbocycles. The van der Waals surface area contributed by atoms with E-state index in [0.29, 0.717) is 48.9 Å². The first-order valence-corrected chi connectivity index (χ1v) is 12.1. The van der Waals surface area contributed by atoms with E-state index < -0.39 is 10.0 Å². The molecule has 2 saturated heterocycles. The first-order chi connectivity index (χ1) is 12.7. The predicted octanol–water partition coefficient (Wildman–Crippen LogP) is 2.87. The van der Waals surface area contributed by atoms with Crippen LogP contribution in [0.1, 0.15) is 20.3 Å². The molecule has 1 aromatic heterocycles. The fraction of sp³-hybridized carbons (Fsp3) is 0.706. The summed E-state index contributed by atoms with van der Waals surface area (Å²) < 4.78 is 27.5. The molecule has 27 heavy (non-hydrogen) atoms. The van der Waals surface area contributed by atoms with Crippen LogP contribution >= 0.6 is 34.5 Å². The van der Waals surface area contributed by atoms with Gasteiger partial charge in [0.2, 0.25) is 15.9 Å². The van der Waals surface area contributed by atoms with E-state index in [-0.39, 0.29) is 15.1 Å². The van der Waals surface area contributed by atoms with E-state index in [2.05, 4.69) is 13.8 Å². The van der Waals surface area contributed by atoms with Crippen LogP contribution in [-0.4, -0.2) is 74.2 Å². The third-order valence-electron chi connectivity index (χ3n) is 5.15. The van der Waals surface area contributed by atoms with Crippen LogP contribution in [0.15, 0.2) is 11.0 Å². The highest BCUT2D eigenvalue weighted by Gasteiger charge is 2.33. The van der Waals surface area contributed by atoms with Crippen molar-refractivity contribution in [3.05, 3.63) is 14.7 Å². The molecule has 2 atom stereocenters. The van der Waals surface area contributed by atoms with Gasteiger partial charge in [0.05, 0.1) is 10.9 Å². The molecule has 152 valence electrons. The van der Waals surface area contributed by atoms with Crippen molar-refractivity contribution in [1.29, 1.82) is 0 Å². The molecule has 0 bridgehead atoms. The van der Waals surface area contributed by atoms with Crippen molar-refractivity contribution in [3.8, 4) is 0 Å². The monoisotopic (exact) mass is 453 g/mol. The molecule has 0 aliphatic carbocycles. The number of amides is 1. The number of thiophene rings is 1. The molecule has 0 N–H and O–H groups in total. The minimum absolute atomic E-state index is 0.0694. The fourth-order valence-corrected chi connectivity index (χ4v) is 7.46. The van der Waals surface area contributed by atoms with Crippen molar-refractivity contribution in [2.45, 2.75) is 25.2 Å². The first-order valence-electron chi connectivity index (χ1n) is 9.12. The summed E-state index contributed by atoms with van der Waals surface area (Å²) in [5, 5.41) is 0. The minimum atomic E-state index is -3.65. The molecular formula is C17H25Cl2N3O3S2. The van der Waals surface area contributed by atoms with Gasteiger partial charge in [-0.2, -0.15) is 4.31 Å². The Bertz CT molecular complexity index is 781. The van der Waals surface area contributed by atoms with E-state index in [9.17, 15) is 13.2 Å². The average Bonchev–Trinajstić information content (AvgIpc) is 2.93. The van der Waals surface area contributed by atoms with Crippen LogP contribution in [-0.2, 0) is 14.8 Å². The Labute approximate surface area is 175 Å². The van der Waals surface area contributed by atoms with Crippen LogP contribution in [0.3, 0.4) is 0 Å². The normalized spacial score (nSPS) is 25.7. The molecule has 2 aliphatic rings. The van der Waals surface area contributed by atoms with Gasteiger partial charge in [0.25, 0.3) is 0 Å². The Morgan fingerprint density at radius 3 is 2.26 bits per heavy atom. The topological polar surface area (TPSA) is 60.9 Å². The van der Waals surface area contributed by atoms with Crippen LogP contribution in [0, 0.1) is 11.8 Å². The van der Waals surface area contributed by atoms with Crippen molar-refractivity contribution in [2.75, 3.05) is 45.8 Å². The van der Waals surface area contributed by atoms with E-state index in [1.54, 1.807) is 0 Å². The van der Waals surface area contributed by atoms with Crippen molar-refractivity contribution in [1.82, 2.24) is 14.1 Å². The maximum Gasteiger partial charge on any atom is 0.245 e. The Balaban J connectivity index is 1.56. The molecule has 1 aromatic rings. The highest BCUT2D eigenvalue weighted by molar-refractivity contribution is 7.89. The summed E-state index contributed by atoms with van der Waals surface area (Å²) >= 11 is 13.0. The van der Waals surface area contributed by atoms with Gasteiger partial charge < -0.3 is 4.90 Å². The molecule has 1 amide bonds. The number of carbonyl (C=O) groups is 1. The molecular weight excluding hydrogens is 429 g/mol. The van der Waals surface area contributed by atoms with Gasteiger partial charge in [-0.1, -0.05) is 37.0 Å². The Morgan fingerprint density at radius 2 is 1.74 bits per heavy atom. The quantitative estimate of drug-likeness (QED) is 0.702. The van der Waals surface area contributed by atoms with Crippen molar-refractivity contribution in [2.24, 2.45) is 11.8 Å². The van der Waals surface area contributed by atoms with Crippen molar-refractivity contribution in [3.63, 3.8) is 0 Å². The SMILES string of the molecule is CC1CC(C)CN(C(=O)CN2CCN(S(=O)(=O)c3cc(Cl)sc3Cl)CC2)C1. The Kier molecular flexibility index (Phi) is 6.75. The van der Waals surface area contributed by atoms with E-state index in [1.807, 2.05) is 9.80 Å². The summed E-state index contributed by atoms with van der Waals surface area (Å²) in [6.07, 6.45) is 1.16. The van der Waals surface area contributed by atoms with E-state index >= 15 is 0 Å². The maximum atomic E-state index is 12.8. The largest absolute Gasteiger partial charge is 0.341 e. The van der Waals surface area contributed by atoms with Crippen LogP contribution < -0.4 is 0 Å². The van der Waals surface area contributed by atoms with E-state index in [0.717, 1.165) is 30.8 Å². The number of hydrogen-bond donors (Lipinski definition) is 0. The van der Waals surface area contributed by atoms with Crippen LogP contribution in [0.5, 0.6) is 0 Å². The second kappa shape index (κ2) is 8.55. The third kappa shape index (κ3) is 4.97. The van der Waals surface area contributed by atoms with Gasteiger partial charge in [-0.15, -0.1) is 11.3 Å². The number of nitrogens with zero attached hydrogens (tertiary/aromatic N) is 3. The lowest BCUT2D eigenvalue weighted by molar-refractivity contribution is -0.135.